The van der Waals surface area contributed by atoms with Crippen molar-refractivity contribution in [1.82, 2.24) is 9.88 Å². The van der Waals surface area contributed by atoms with Crippen LogP contribution in [-0.4, -0.2) is 47.1 Å². The van der Waals surface area contributed by atoms with E-state index in [0.717, 1.165) is 18.7 Å². The zero-order valence-corrected chi connectivity index (χ0v) is 9.69. The first-order chi connectivity index (χ1) is 7.22. The van der Waals surface area contributed by atoms with E-state index in [4.69, 9.17) is 11.6 Å². The topological polar surface area (TPSA) is 36.4 Å². The summed E-state index contributed by atoms with van der Waals surface area (Å²) in [6, 6.07) is 5.90. The summed E-state index contributed by atoms with van der Waals surface area (Å²) in [6.07, 6.45) is 2.25. The third-order valence-electron chi connectivity index (χ3n) is 2.18. The number of nitrogens with zero attached hydrogens (tertiary/aromatic N) is 2. The Balaban J connectivity index is 2.25. The predicted octanol–water partition coefficient (Wildman–Crippen LogP) is 1.16. The Kier molecular flexibility index (Phi) is 5.61. The second-order valence-corrected chi connectivity index (χ2v) is 3.95. The molecule has 15 heavy (non-hydrogen) atoms. The highest BCUT2D eigenvalue weighted by Gasteiger charge is 2.06. The number of hydrogen-bond donors (Lipinski definition) is 1. The van der Waals surface area contributed by atoms with Crippen LogP contribution in [-0.2, 0) is 6.42 Å². The summed E-state index contributed by atoms with van der Waals surface area (Å²) in [5.41, 5.74) is 1.07. The summed E-state index contributed by atoms with van der Waals surface area (Å²) in [5, 5.41) is 9.34. The fourth-order valence-electron chi connectivity index (χ4n) is 1.35. The molecule has 0 radical (unpaired) electrons. The molecule has 0 bridgehead atoms. The van der Waals surface area contributed by atoms with Gasteiger partial charge in [-0.2, -0.15) is 0 Å². The minimum absolute atomic E-state index is 0.286. The van der Waals surface area contributed by atoms with Gasteiger partial charge < -0.3 is 10.0 Å². The number of aliphatic hydroxyl groups is 1. The van der Waals surface area contributed by atoms with Gasteiger partial charge in [0, 0.05) is 37.3 Å². The summed E-state index contributed by atoms with van der Waals surface area (Å²) >= 11 is 5.52. The lowest BCUT2D eigenvalue weighted by Gasteiger charge is -2.18. The molecule has 0 aromatic carbocycles. The normalized spacial score (nSPS) is 13.1. The first-order valence-corrected chi connectivity index (χ1v) is 5.58. The minimum Gasteiger partial charge on any atom is -0.391 e. The smallest absolute Gasteiger partial charge is 0.0802 e. The van der Waals surface area contributed by atoms with Gasteiger partial charge in [0.25, 0.3) is 0 Å². The highest BCUT2D eigenvalue weighted by atomic mass is 35.5. The van der Waals surface area contributed by atoms with Crippen LogP contribution < -0.4 is 0 Å². The molecule has 3 nitrogen and oxygen atoms in total. The zero-order valence-electron chi connectivity index (χ0n) is 8.93. The van der Waals surface area contributed by atoms with Crippen LogP contribution >= 0.6 is 11.6 Å². The van der Waals surface area contributed by atoms with Gasteiger partial charge in [0.2, 0.25) is 0 Å². The molecule has 1 rings (SSSR count). The van der Waals surface area contributed by atoms with Gasteiger partial charge in [0.15, 0.2) is 0 Å². The molecule has 0 saturated carbocycles. The van der Waals surface area contributed by atoms with Gasteiger partial charge in [-0.15, -0.1) is 11.6 Å². The molecular formula is C11H17ClN2O. The first-order valence-electron chi connectivity index (χ1n) is 5.05. The van der Waals surface area contributed by atoms with Gasteiger partial charge in [-0.3, -0.25) is 4.98 Å². The van der Waals surface area contributed by atoms with Crippen LogP contribution in [0.1, 0.15) is 5.69 Å². The summed E-state index contributed by atoms with van der Waals surface area (Å²) in [7, 11) is 1.97. The summed E-state index contributed by atoms with van der Waals surface area (Å²) in [5.74, 6) is 0.286. The van der Waals surface area contributed by atoms with Crippen LogP contribution in [0.3, 0.4) is 0 Å². The monoisotopic (exact) mass is 228 g/mol. The molecule has 1 aromatic rings. The molecule has 0 amide bonds. The van der Waals surface area contributed by atoms with Crippen molar-refractivity contribution in [2.45, 2.75) is 12.5 Å². The van der Waals surface area contributed by atoms with Crippen LogP contribution in [0.5, 0.6) is 0 Å². The van der Waals surface area contributed by atoms with Gasteiger partial charge >= 0.3 is 0 Å². The predicted molar refractivity (Wildman–Crippen MR) is 62.2 cm³/mol. The molecule has 1 N–H and O–H groups in total. The number of pyridine rings is 1. The molecule has 1 atom stereocenters. The number of aliphatic hydroxyl groups excluding tert-OH is 1. The fourth-order valence-corrected chi connectivity index (χ4v) is 1.45. The standard InChI is InChI=1S/C11H17ClN2O/c1-14(9-11(15)8-12)7-5-10-4-2-3-6-13-10/h2-4,6,11,15H,5,7-9H2,1H3. The van der Waals surface area contributed by atoms with E-state index in [1.54, 1.807) is 6.20 Å². The molecule has 1 unspecified atom stereocenters. The van der Waals surface area contributed by atoms with Crippen molar-refractivity contribution in [1.29, 1.82) is 0 Å². The first kappa shape index (κ1) is 12.4. The molecule has 0 spiro atoms. The molecule has 84 valence electrons. The SMILES string of the molecule is CN(CCc1ccccn1)CC(O)CCl. The van der Waals surface area contributed by atoms with E-state index in [-0.39, 0.29) is 5.88 Å². The molecule has 0 aliphatic rings. The Morgan fingerprint density at radius 1 is 1.53 bits per heavy atom. The van der Waals surface area contributed by atoms with E-state index in [2.05, 4.69) is 9.88 Å². The lowest BCUT2D eigenvalue weighted by Crippen LogP contribution is -2.31. The molecular weight excluding hydrogens is 212 g/mol. The lowest BCUT2D eigenvalue weighted by atomic mass is 10.2. The maximum absolute atomic E-state index is 9.34. The zero-order chi connectivity index (χ0) is 11.1. The van der Waals surface area contributed by atoms with Crippen LogP contribution in [0, 0.1) is 0 Å². The van der Waals surface area contributed by atoms with E-state index in [0.29, 0.717) is 6.54 Å². The van der Waals surface area contributed by atoms with E-state index in [1.165, 1.54) is 0 Å². The maximum Gasteiger partial charge on any atom is 0.0802 e. The van der Waals surface area contributed by atoms with Crippen molar-refractivity contribution < 1.29 is 5.11 Å². The largest absolute Gasteiger partial charge is 0.391 e. The Labute approximate surface area is 95.7 Å². The molecule has 0 aliphatic heterocycles. The van der Waals surface area contributed by atoms with Gasteiger partial charge in [-0.25, -0.2) is 0 Å². The Morgan fingerprint density at radius 3 is 2.93 bits per heavy atom. The number of likely N-dealkylation sites (N-methyl/N-ethyl adjacent to an activating group) is 1. The van der Waals surface area contributed by atoms with Crippen molar-refractivity contribution in [3.05, 3.63) is 30.1 Å². The van der Waals surface area contributed by atoms with Gasteiger partial charge in [0.1, 0.15) is 0 Å². The number of hydrogen-bond acceptors (Lipinski definition) is 3. The van der Waals surface area contributed by atoms with Crippen LogP contribution in [0.25, 0.3) is 0 Å². The number of rotatable bonds is 6. The summed E-state index contributed by atoms with van der Waals surface area (Å²) in [4.78, 5) is 6.29. The molecule has 1 aromatic heterocycles. The van der Waals surface area contributed by atoms with E-state index in [9.17, 15) is 5.11 Å². The van der Waals surface area contributed by atoms with Crippen molar-refractivity contribution in [3.63, 3.8) is 0 Å². The van der Waals surface area contributed by atoms with E-state index in [1.807, 2.05) is 25.2 Å². The quantitative estimate of drug-likeness (QED) is 0.743. The Hall–Kier alpha value is -0.640. The van der Waals surface area contributed by atoms with Crippen LogP contribution in [0.2, 0.25) is 0 Å². The average molecular weight is 229 g/mol. The average Bonchev–Trinajstić information content (AvgIpc) is 2.27. The second kappa shape index (κ2) is 6.77. The summed E-state index contributed by atoms with van der Waals surface area (Å²) in [6.45, 7) is 1.49. The molecule has 4 heteroatoms. The van der Waals surface area contributed by atoms with Crippen LogP contribution in [0.15, 0.2) is 24.4 Å². The second-order valence-electron chi connectivity index (χ2n) is 3.64. The van der Waals surface area contributed by atoms with Gasteiger partial charge in [-0.1, -0.05) is 6.07 Å². The minimum atomic E-state index is -0.444. The Bertz CT molecular complexity index is 269. The highest BCUT2D eigenvalue weighted by molar-refractivity contribution is 6.18. The third-order valence-corrected chi connectivity index (χ3v) is 2.53. The molecule has 1 heterocycles. The van der Waals surface area contributed by atoms with Crippen molar-refractivity contribution >= 4 is 11.6 Å². The van der Waals surface area contributed by atoms with Gasteiger partial charge in [-0.05, 0) is 19.2 Å². The highest BCUT2D eigenvalue weighted by Crippen LogP contribution is 1.98. The van der Waals surface area contributed by atoms with Gasteiger partial charge in [0.05, 0.1) is 6.10 Å². The number of halogens is 1. The summed E-state index contributed by atoms with van der Waals surface area (Å²) < 4.78 is 0. The van der Waals surface area contributed by atoms with E-state index < -0.39 is 6.10 Å². The number of alkyl halides is 1. The lowest BCUT2D eigenvalue weighted by molar-refractivity contribution is 0.144. The molecule has 0 aliphatic carbocycles. The molecule has 0 fully saturated rings. The number of aromatic nitrogens is 1. The van der Waals surface area contributed by atoms with E-state index >= 15 is 0 Å². The maximum atomic E-state index is 9.34. The van der Waals surface area contributed by atoms with Crippen molar-refractivity contribution in [3.8, 4) is 0 Å². The molecule has 0 saturated heterocycles. The van der Waals surface area contributed by atoms with Crippen molar-refractivity contribution in [2.75, 3.05) is 26.0 Å². The fraction of sp³-hybridized carbons (Fsp3) is 0.545. The third kappa shape index (κ3) is 5.11. The van der Waals surface area contributed by atoms with Crippen molar-refractivity contribution in [2.24, 2.45) is 0 Å². The Morgan fingerprint density at radius 2 is 2.33 bits per heavy atom. The van der Waals surface area contributed by atoms with Crippen LogP contribution in [0.4, 0.5) is 0 Å².